The Bertz CT molecular complexity index is 1090. The van der Waals surface area contributed by atoms with Gasteiger partial charge in [-0.25, -0.2) is 18.6 Å². The first-order valence-electron chi connectivity index (χ1n) is 9.74. The van der Waals surface area contributed by atoms with Crippen LogP contribution in [0.3, 0.4) is 0 Å². The lowest BCUT2D eigenvalue weighted by Gasteiger charge is -2.23. The molecule has 1 atom stereocenters. The molecule has 3 rings (SSSR count). The van der Waals surface area contributed by atoms with Gasteiger partial charge in [-0.2, -0.15) is 0 Å². The van der Waals surface area contributed by atoms with Crippen molar-refractivity contribution in [2.45, 2.75) is 45.4 Å². The van der Waals surface area contributed by atoms with E-state index >= 15 is 0 Å². The number of hydrogen-bond acceptors (Lipinski definition) is 4. The smallest absolute Gasteiger partial charge is 0.408 e. The largest absolute Gasteiger partial charge is 0.444 e. The van der Waals surface area contributed by atoms with Crippen LogP contribution in [0.25, 0.3) is 11.0 Å². The Morgan fingerprint density at radius 3 is 2.61 bits per heavy atom. The Hall–Kier alpha value is -3.49. The van der Waals surface area contributed by atoms with Crippen LogP contribution in [0.4, 0.5) is 13.6 Å². The zero-order valence-electron chi connectivity index (χ0n) is 17.5. The van der Waals surface area contributed by atoms with E-state index in [-0.39, 0.29) is 13.0 Å². The molecule has 0 radical (unpaired) electrons. The van der Waals surface area contributed by atoms with Gasteiger partial charge in [0.05, 0.1) is 0 Å². The van der Waals surface area contributed by atoms with Crippen molar-refractivity contribution in [2.75, 3.05) is 0 Å². The van der Waals surface area contributed by atoms with Gasteiger partial charge in [-0.3, -0.25) is 4.79 Å². The highest BCUT2D eigenvalue weighted by molar-refractivity contribution is 5.86. The summed E-state index contributed by atoms with van der Waals surface area (Å²) in [4.78, 5) is 32.3. The van der Waals surface area contributed by atoms with E-state index in [0.29, 0.717) is 5.56 Å². The molecule has 0 aliphatic carbocycles. The Kier molecular flexibility index (Phi) is 6.53. The van der Waals surface area contributed by atoms with Crippen molar-refractivity contribution in [3.05, 3.63) is 65.5 Å². The van der Waals surface area contributed by atoms with Crippen LogP contribution < -0.4 is 10.6 Å². The molecule has 9 heteroatoms. The number of aromatic nitrogens is 2. The summed E-state index contributed by atoms with van der Waals surface area (Å²) in [7, 11) is 0. The van der Waals surface area contributed by atoms with E-state index < -0.39 is 35.3 Å². The molecule has 1 aromatic carbocycles. The van der Waals surface area contributed by atoms with Crippen molar-refractivity contribution in [3.8, 4) is 0 Å². The summed E-state index contributed by atoms with van der Waals surface area (Å²) >= 11 is 0. The van der Waals surface area contributed by atoms with Gasteiger partial charge in [0.2, 0.25) is 5.91 Å². The van der Waals surface area contributed by atoms with Crippen LogP contribution in [0, 0.1) is 11.6 Å². The Balaban J connectivity index is 1.71. The fraction of sp³-hybridized carbons (Fsp3) is 0.318. The number of pyridine rings is 1. The molecule has 164 valence electrons. The number of hydrogen-bond donors (Lipinski definition) is 3. The van der Waals surface area contributed by atoms with Gasteiger partial charge in [0.15, 0.2) is 11.6 Å². The minimum Gasteiger partial charge on any atom is -0.444 e. The molecule has 0 fully saturated rings. The molecule has 2 heterocycles. The van der Waals surface area contributed by atoms with Gasteiger partial charge in [0.25, 0.3) is 0 Å². The monoisotopic (exact) mass is 430 g/mol. The van der Waals surface area contributed by atoms with E-state index in [9.17, 15) is 18.4 Å². The number of alkyl carbamates (subject to hydrolysis) is 1. The minimum atomic E-state index is -1.05. The second kappa shape index (κ2) is 9.11. The Labute approximate surface area is 178 Å². The molecular formula is C22H24F2N4O3. The van der Waals surface area contributed by atoms with Crippen LogP contribution in [0.5, 0.6) is 0 Å². The van der Waals surface area contributed by atoms with Crippen molar-refractivity contribution < 1.29 is 23.1 Å². The van der Waals surface area contributed by atoms with E-state index in [1.54, 1.807) is 33.2 Å². The third kappa shape index (κ3) is 6.24. The normalized spacial score (nSPS) is 12.4. The molecule has 0 aliphatic rings. The molecule has 3 aromatic rings. The molecule has 0 saturated carbocycles. The number of amides is 2. The number of halogens is 2. The van der Waals surface area contributed by atoms with Crippen LogP contribution >= 0.6 is 0 Å². The first kappa shape index (κ1) is 22.2. The average Bonchev–Trinajstić information content (AvgIpc) is 3.14. The van der Waals surface area contributed by atoms with Gasteiger partial charge in [-0.05, 0) is 56.2 Å². The quantitative estimate of drug-likeness (QED) is 0.557. The predicted molar refractivity (Wildman–Crippen MR) is 111 cm³/mol. The zero-order valence-corrected chi connectivity index (χ0v) is 17.5. The predicted octanol–water partition coefficient (Wildman–Crippen LogP) is 3.59. The summed E-state index contributed by atoms with van der Waals surface area (Å²) < 4.78 is 32.0. The molecule has 0 spiro atoms. The summed E-state index contributed by atoms with van der Waals surface area (Å²) in [5.41, 5.74) is 1.10. The number of ether oxygens (including phenoxy) is 1. The second-order valence-corrected chi connectivity index (χ2v) is 8.13. The second-order valence-electron chi connectivity index (χ2n) is 8.13. The van der Waals surface area contributed by atoms with Crippen molar-refractivity contribution >= 4 is 23.0 Å². The highest BCUT2D eigenvalue weighted by Gasteiger charge is 2.25. The van der Waals surface area contributed by atoms with Crippen LogP contribution in [0.2, 0.25) is 0 Å². The number of nitrogens with one attached hydrogen (secondary N) is 3. The maximum Gasteiger partial charge on any atom is 0.408 e. The van der Waals surface area contributed by atoms with Crippen LogP contribution in [-0.4, -0.2) is 33.6 Å². The number of aromatic amines is 1. The summed E-state index contributed by atoms with van der Waals surface area (Å²) in [6.45, 7) is 5.26. The summed E-state index contributed by atoms with van der Waals surface area (Å²) in [5.74, 6) is -2.51. The Morgan fingerprint density at radius 1 is 1.13 bits per heavy atom. The van der Waals surface area contributed by atoms with Crippen molar-refractivity contribution in [3.63, 3.8) is 0 Å². The lowest BCUT2D eigenvalue weighted by molar-refractivity contribution is -0.123. The van der Waals surface area contributed by atoms with E-state index in [1.807, 2.05) is 12.1 Å². The van der Waals surface area contributed by atoms with Crippen molar-refractivity contribution in [1.29, 1.82) is 0 Å². The highest BCUT2D eigenvalue weighted by Crippen LogP contribution is 2.13. The summed E-state index contributed by atoms with van der Waals surface area (Å²) in [6.07, 6.45) is 2.57. The maximum atomic E-state index is 13.6. The maximum absolute atomic E-state index is 13.6. The van der Waals surface area contributed by atoms with Gasteiger partial charge < -0.3 is 20.4 Å². The molecular weight excluding hydrogens is 406 g/mol. The summed E-state index contributed by atoms with van der Waals surface area (Å²) in [6, 6.07) is 6.03. The number of fused-ring (bicyclic) bond motifs is 1. The van der Waals surface area contributed by atoms with E-state index in [2.05, 4.69) is 20.6 Å². The summed E-state index contributed by atoms with van der Waals surface area (Å²) in [5, 5.41) is 6.15. The third-order valence-corrected chi connectivity index (χ3v) is 4.35. The number of H-pyrrole nitrogens is 1. The third-order valence-electron chi connectivity index (χ3n) is 4.35. The van der Waals surface area contributed by atoms with Gasteiger partial charge in [0, 0.05) is 30.7 Å². The van der Waals surface area contributed by atoms with Gasteiger partial charge in [-0.1, -0.05) is 6.07 Å². The van der Waals surface area contributed by atoms with Crippen LogP contribution in [0.15, 0.2) is 42.7 Å². The molecule has 3 N–H and O–H groups in total. The SMILES string of the molecule is CC(C)(C)OC(=O)N[C@@H](Cc1ccc(F)c(F)c1)C(=O)NCc1cnc2[nH]ccc2c1. The van der Waals surface area contributed by atoms with Crippen LogP contribution in [0.1, 0.15) is 31.9 Å². The number of nitrogens with zero attached hydrogens (tertiary/aromatic N) is 1. The molecule has 2 amide bonds. The first-order chi connectivity index (χ1) is 14.6. The minimum absolute atomic E-state index is 0.0443. The van der Waals surface area contributed by atoms with E-state index in [0.717, 1.165) is 28.7 Å². The Morgan fingerprint density at radius 2 is 1.90 bits per heavy atom. The van der Waals surface area contributed by atoms with Gasteiger partial charge >= 0.3 is 6.09 Å². The topological polar surface area (TPSA) is 96.1 Å². The molecule has 7 nitrogen and oxygen atoms in total. The van der Waals surface area contributed by atoms with Gasteiger partial charge in [-0.15, -0.1) is 0 Å². The van der Waals surface area contributed by atoms with Crippen LogP contribution in [-0.2, 0) is 22.5 Å². The van der Waals surface area contributed by atoms with Crippen molar-refractivity contribution in [1.82, 2.24) is 20.6 Å². The molecule has 0 unspecified atom stereocenters. The zero-order chi connectivity index (χ0) is 22.6. The molecule has 2 aromatic heterocycles. The number of benzene rings is 1. The lowest BCUT2D eigenvalue weighted by atomic mass is 10.0. The first-order valence-corrected chi connectivity index (χ1v) is 9.74. The highest BCUT2D eigenvalue weighted by atomic mass is 19.2. The fourth-order valence-corrected chi connectivity index (χ4v) is 2.96. The van der Waals surface area contributed by atoms with E-state index in [4.69, 9.17) is 4.74 Å². The van der Waals surface area contributed by atoms with Gasteiger partial charge in [0.1, 0.15) is 17.3 Å². The number of carbonyl (C=O) groups is 2. The van der Waals surface area contributed by atoms with Crippen molar-refractivity contribution in [2.24, 2.45) is 0 Å². The van der Waals surface area contributed by atoms with E-state index in [1.165, 1.54) is 6.07 Å². The molecule has 31 heavy (non-hydrogen) atoms. The number of rotatable bonds is 6. The number of carbonyl (C=O) groups excluding carboxylic acids is 2. The molecule has 0 aliphatic heterocycles. The average molecular weight is 430 g/mol. The molecule has 0 saturated heterocycles. The lowest BCUT2D eigenvalue weighted by Crippen LogP contribution is -2.49. The molecule has 0 bridgehead atoms. The fourth-order valence-electron chi connectivity index (χ4n) is 2.96. The standard InChI is InChI=1S/C22H24F2N4O3/c1-22(2,3)31-21(30)28-18(10-13-4-5-16(23)17(24)9-13)20(29)27-12-14-8-15-6-7-25-19(15)26-11-14/h4-9,11,18H,10,12H2,1-3H3,(H,25,26)(H,27,29)(H,28,30)/t18-/m0/s1.